The molecule has 0 aliphatic heterocycles. The molecule has 0 heterocycles. The Bertz CT molecular complexity index is 399. The SMILES string of the molecule is COCCCNC(=O)CN[C@H](C)c1cccc(Br)c1. The topological polar surface area (TPSA) is 50.4 Å². The van der Waals surface area contributed by atoms with Gasteiger partial charge < -0.3 is 15.4 Å². The van der Waals surface area contributed by atoms with Gasteiger partial charge in [0.1, 0.15) is 0 Å². The average Bonchev–Trinajstić information content (AvgIpc) is 2.41. The van der Waals surface area contributed by atoms with E-state index < -0.39 is 0 Å². The molecule has 1 amide bonds. The minimum Gasteiger partial charge on any atom is -0.385 e. The van der Waals surface area contributed by atoms with Crippen LogP contribution >= 0.6 is 15.9 Å². The highest BCUT2D eigenvalue weighted by molar-refractivity contribution is 9.10. The third-order valence-electron chi connectivity index (χ3n) is 2.76. The van der Waals surface area contributed by atoms with Crippen molar-refractivity contribution >= 4 is 21.8 Å². The highest BCUT2D eigenvalue weighted by atomic mass is 79.9. The van der Waals surface area contributed by atoms with Crippen LogP contribution in [0.15, 0.2) is 28.7 Å². The molecule has 1 atom stereocenters. The maximum atomic E-state index is 11.6. The van der Waals surface area contributed by atoms with Crippen LogP contribution in [0.1, 0.15) is 24.9 Å². The second-order valence-electron chi connectivity index (χ2n) is 4.35. The van der Waals surface area contributed by atoms with Crippen molar-refractivity contribution in [1.29, 1.82) is 0 Å². The molecular weight excluding hydrogens is 308 g/mol. The Labute approximate surface area is 123 Å². The van der Waals surface area contributed by atoms with Gasteiger partial charge in [-0.3, -0.25) is 4.79 Å². The first-order valence-corrected chi connectivity index (χ1v) is 7.17. The Balaban J connectivity index is 2.26. The summed E-state index contributed by atoms with van der Waals surface area (Å²) < 4.78 is 5.96. The van der Waals surface area contributed by atoms with Crippen molar-refractivity contribution in [2.24, 2.45) is 0 Å². The lowest BCUT2D eigenvalue weighted by atomic mass is 10.1. The van der Waals surface area contributed by atoms with Gasteiger partial charge in [0.15, 0.2) is 0 Å². The van der Waals surface area contributed by atoms with Crippen molar-refractivity contribution in [3.63, 3.8) is 0 Å². The fourth-order valence-corrected chi connectivity index (χ4v) is 2.06. The van der Waals surface area contributed by atoms with Gasteiger partial charge in [0.05, 0.1) is 6.54 Å². The molecule has 0 saturated carbocycles. The van der Waals surface area contributed by atoms with E-state index in [2.05, 4.69) is 26.6 Å². The number of hydrogen-bond acceptors (Lipinski definition) is 3. The zero-order chi connectivity index (χ0) is 14.1. The predicted molar refractivity (Wildman–Crippen MR) is 80.1 cm³/mol. The Morgan fingerprint density at radius 2 is 2.26 bits per heavy atom. The van der Waals surface area contributed by atoms with Gasteiger partial charge in [-0.05, 0) is 31.0 Å². The van der Waals surface area contributed by atoms with E-state index in [1.54, 1.807) is 7.11 Å². The van der Waals surface area contributed by atoms with E-state index in [4.69, 9.17) is 4.74 Å². The van der Waals surface area contributed by atoms with Gasteiger partial charge >= 0.3 is 0 Å². The van der Waals surface area contributed by atoms with E-state index in [9.17, 15) is 4.79 Å². The van der Waals surface area contributed by atoms with E-state index in [0.717, 1.165) is 16.5 Å². The molecular formula is C14H21BrN2O2. The Morgan fingerprint density at radius 3 is 2.95 bits per heavy atom. The molecule has 0 radical (unpaired) electrons. The van der Waals surface area contributed by atoms with Crippen LogP contribution in [-0.4, -0.2) is 32.7 Å². The van der Waals surface area contributed by atoms with Gasteiger partial charge in [-0.15, -0.1) is 0 Å². The normalized spacial score (nSPS) is 12.2. The van der Waals surface area contributed by atoms with E-state index >= 15 is 0 Å². The number of hydrogen-bond donors (Lipinski definition) is 2. The van der Waals surface area contributed by atoms with E-state index in [1.807, 2.05) is 31.2 Å². The third kappa shape index (κ3) is 6.71. The molecule has 1 aromatic rings. The number of nitrogens with one attached hydrogen (secondary N) is 2. The summed E-state index contributed by atoms with van der Waals surface area (Å²) in [5.74, 6) is 0.0120. The summed E-state index contributed by atoms with van der Waals surface area (Å²) >= 11 is 3.44. The van der Waals surface area contributed by atoms with Crippen LogP contribution in [-0.2, 0) is 9.53 Å². The van der Waals surface area contributed by atoms with Crippen molar-refractivity contribution in [1.82, 2.24) is 10.6 Å². The van der Waals surface area contributed by atoms with Gasteiger partial charge in [-0.25, -0.2) is 0 Å². The smallest absolute Gasteiger partial charge is 0.233 e. The molecule has 0 aliphatic rings. The fourth-order valence-electron chi connectivity index (χ4n) is 1.65. The molecule has 1 rings (SSSR count). The van der Waals surface area contributed by atoms with Crippen LogP contribution < -0.4 is 10.6 Å². The number of carbonyl (C=O) groups is 1. The minimum atomic E-state index is 0.0120. The number of amides is 1. The lowest BCUT2D eigenvalue weighted by Crippen LogP contribution is -2.35. The Kier molecular flexibility index (Phi) is 7.70. The fraction of sp³-hybridized carbons (Fsp3) is 0.500. The van der Waals surface area contributed by atoms with Crippen molar-refractivity contribution in [2.75, 3.05) is 26.8 Å². The van der Waals surface area contributed by atoms with Crippen LogP contribution in [0.2, 0.25) is 0 Å². The number of benzene rings is 1. The maximum Gasteiger partial charge on any atom is 0.233 e. The van der Waals surface area contributed by atoms with Gasteiger partial charge in [0.25, 0.3) is 0 Å². The standard InChI is InChI=1S/C14H21BrN2O2/c1-11(12-5-3-6-13(15)9-12)17-10-14(18)16-7-4-8-19-2/h3,5-6,9,11,17H,4,7-8,10H2,1-2H3,(H,16,18)/t11-/m1/s1. The van der Waals surface area contributed by atoms with E-state index in [-0.39, 0.29) is 11.9 Å². The minimum absolute atomic E-state index is 0.0120. The molecule has 0 saturated heterocycles. The Morgan fingerprint density at radius 1 is 1.47 bits per heavy atom. The van der Waals surface area contributed by atoms with Crippen molar-refractivity contribution in [3.05, 3.63) is 34.3 Å². The quantitative estimate of drug-likeness (QED) is 0.719. The highest BCUT2D eigenvalue weighted by Crippen LogP contribution is 2.17. The molecule has 0 bridgehead atoms. The summed E-state index contributed by atoms with van der Waals surface area (Å²) in [6.07, 6.45) is 0.837. The zero-order valence-electron chi connectivity index (χ0n) is 11.4. The first-order chi connectivity index (χ1) is 9.13. The molecule has 1 aromatic carbocycles. The maximum absolute atomic E-state index is 11.6. The van der Waals surface area contributed by atoms with E-state index in [1.165, 1.54) is 0 Å². The van der Waals surface area contributed by atoms with Crippen LogP contribution in [0, 0.1) is 0 Å². The lowest BCUT2D eigenvalue weighted by molar-refractivity contribution is -0.120. The van der Waals surface area contributed by atoms with E-state index in [0.29, 0.717) is 19.7 Å². The molecule has 0 fully saturated rings. The number of halogens is 1. The molecule has 0 unspecified atom stereocenters. The largest absolute Gasteiger partial charge is 0.385 e. The van der Waals surface area contributed by atoms with Crippen LogP contribution in [0.25, 0.3) is 0 Å². The zero-order valence-corrected chi connectivity index (χ0v) is 13.0. The summed E-state index contributed by atoms with van der Waals surface area (Å²) in [4.78, 5) is 11.6. The summed E-state index contributed by atoms with van der Waals surface area (Å²) in [7, 11) is 1.66. The molecule has 0 spiro atoms. The summed E-state index contributed by atoms with van der Waals surface area (Å²) in [6, 6.07) is 8.20. The number of methoxy groups -OCH3 is 1. The third-order valence-corrected chi connectivity index (χ3v) is 3.26. The van der Waals surface area contributed by atoms with Crippen LogP contribution in [0.3, 0.4) is 0 Å². The number of carbonyl (C=O) groups excluding carboxylic acids is 1. The van der Waals surface area contributed by atoms with Gasteiger partial charge in [-0.1, -0.05) is 28.1 Å². The first kappa shape index (κ1) is 16.1. The van der Waals surface area contributed by atoms with Gasteiger partial charge in [0, 0.05) is 30.8 Å². The first-order valence-electron chi connectivity index (χ1n) is 6.38. The van der Waals surface area contributed by atoms with Gasteiger partial charge in [0.2, 0.25) is 5.91 Å². The molecule has 106 valence electrons. The van der Waals surface area contributed by atoms with Crippen molar-refractivity contribution in [3.8, 4) is 0 Å². The molecule has 2 N–H and O–H groups in total. The molecule has 0 aliphatic carbocycles. The monoisotopic (exact) mass is 328 g/mol. The molecule has 0 aromatic heterocycles. The van der Waals surface area contributed by atoms with Crippen LogP contribution in [0.4, 0.5) is 0 Å². The summed E-state index contributed by atoms with van der Waals surface area (Å²) in [5.41, 5.74) is 1.15. The van der Waals surface area contributed by atoms with Gasteiger partial charge in [-0.2, -0.15) is 0 Å². The van der Waals surface area contributed by atoms with Crippen LogP contribution in [0.5, 0.6) is 0 Å². The molecule has 19 heavy (non-hydrogen) atoms. The predicted octanol–water partition coefficient (Wildman–Crippen LogP) is 2.25. The molecule has 5 heteroatoms. The second-order valence-corrected chi connectivity index (χ2v) is 5.27. The summed E-state index contributed by atoms with van der Waals surface area (Å²) in [5, 5.41) is 6.05. The average molecular weight is 329 g/mol. The molecule has 4 nitrogen and oxygen atoms in total. The second kappa shape index (κ2) is 9.07. The van der Waals surface area contributed by atoms with Crippen molar-refractivity contribution < 1.29 is 9.53 Å². The lowest BCUT2D eigenvalue weighted by Gasteiger charge is -2.14. The Hall–Kier alpha value is -0.910. The van der Waals surface area contributed by atoms with Crippen molar-refractivity contribution in [2.45, 2.75) is 19.4 Å². The number of rotatable bonds is 8. The summed E-state index contributed by atoms with van der Waals surface area (Å²) in [6.45, 7) is 3.68. The number of ether oxygens (including phenoxy) is 1. The highest BCUT2D eigenvalue weighted by Gasteiger charge is 2.07.